The van der Waals surface area contributed by atoms with E-state index in [9.17, 15) is 9.59 Å². The first-order chi connectivity index (χ1) is 14.2. The van der Waals surface area contributed by atoms with Crippen molar-refractivity contribution in [1.29, 1.82) is 0 Å². The van der Waals surface area contributed by atoms with Crippen molar-refractivity contribution in [2.75, 3.05) is 13.2 Å². The van der Waals surface area contributed by atoms with Gasteiger partial charge in [-0.05, 0) is 57.8 Å². The van der Waals surface area contributed by atoms with Gasteiger partial charge in [0, 0.05) is 8.95 Å². The minimum absolute atomic E-state index is 0. The molecule has 0 aromatic carbocycles. The summed E-state index contributed by atoms with van der Waals surface area (Å²) in [6.45, 7) is 3.33. The second-order valence-corrected chi connectivity index (χ2v) is 7.73. The van der Waals surface area contributed by atoms with Crippen molar-refractivity contribution < 1.29 is 29.3 Å². The van der Waals surface area contributed by atoms with Crippen LogP contribution in [-0.4, -0.2) is 45.3 Å². The van der Waals surface area contributed by atoms with Crippen LogP contribution in [0.25, 0.3) is 0 Å². The molecular weight excluding hydrogens is 583 g/mol. The molecule has 0 radical (unpaired) electrons. The van der Waals surface area contributed by atoms with E-state index in [1.54, 1.807) is 19.9 Å². The summed E-state index contributed by atoms with van der Waals surface area (Å²) in [6, 6.07) is 3.00. The van der Waals surface area contributed by atoms with Gasteiger partial charge in [0.2, 0.25) is 0 Å². The third-order valence-corrected chi connectivity index (χ3v) is 5.73. The number of carbonyl (C=O) groups excluding carboxylic acids is 2. The van der Waals surface area contributed by atoms with E-state index in [1.807, 2.05) is 0 Å². The fraction of sp³-hybridized carbons (Fsp3) is 0.368. The van der Waals surface area contributed by atoms with E-state index in [0.717, 1.165) is 0 Å². The minimum Gasteiger partial charge on any atom is -0.461 e. The number of esters is 2. The average Bonchev–Trinajstić information content (AvgIpc) is 2.72. The Balaban J connectivity index is 0.000000562. The number of carbonyl (C=O) groups is 2. The van der Waals surface area contributed by atoms with E-state index < -0.39 is 11.9 Å². The third kappa shape index (κ3) is 8.63. The number of halogens is 4. The molecule has 0 aliphatic carbocycles. The van der Waals surface area contributed by atoms with Crippen LogP contribution in [-0.2, 0) is 22.7 Å². The van der Waals surface area contributed by atoms with E-state index in [1.165, 1.54) is 6.07 Å². The highest BCUT2D eigenvalue weighted by molar-refractivity contribution is 9.10. The number of aliphatic hydroxyl groups is 2. The molecular formula is C19H22Br2Cl2N2O6. The summed E-state index contributed by atoms with van der Waals surface area (Å²) < 4.78 is 10.6. The first kappa shape index (κ1) is 29.7. The lowest BCUT2D eigenvalue weighted by atomic mass is 10.3. The molecule has 0 aliphatic heterocycles. The van der Waals surface area contributed by atoms with Crippen LogP contribution in [0.5, 0.6) is 0 Å². The molecule has 0 saturated heterocycles. The summed E-state index contributed by atoms with van der Waals surface area (Å²) in [5.74, 6) is -1.14. The van der Waals surface area contributed by atoms with Crippen molar-refractivity contribution >= 4 is 67.0 Å². The molecule has 31 heavy (non-hydrogen) atoms. The Hall–Kier alpha value is -1.30. The molecule has 2 aromatic heterocycles. The fourth-order valence-electron chi connectivity index (χ4n) is 1.93. The molecule has 2 aromatic rings. The Kier molecular flexibility index (Phi) is 14.1. The summed E-state index contributed by atoms with van der Waals surface area (Å²) in [5, 5.41) is 18.4. The van der Waals surface area contributed by atoms with Crippen LogP contribution in [0.3, 0.4) is 0 Å². The molecule has 8 nitrogen and oxygen atoms in total. The molecule has 2 N–H and O–H groups in total. The Morgan fingerprint density at radius 2 is 1.48 bits per heavy atom. The lowest BCUT2D eigenvalue weighted by Crippen LogP contribution is -2.09. The molecule has 0 amide bonds. The van der Waals surface area contributed by atoms with Crippen molar-refractivity contribution in [2.45, 2.75) is 34.5 Å². The van der Waals surface area contributed by atoms with Gasteiger partial charge in [0.15, 0.2) is 5.69 Å². The zero-order valence-electron chi connectivity index (χ0n) is 15.9. The summed E-state index contributed by atoms with van der Waals surface area (Å²) in [4.78, 5) is 30.5. The maximum Gasteiger partial charge on any atom is 0.358 e. The molecule has 2 rings (SSSR count). The lowest BCUT2D eigenvalue weighted by Gasteiger charge is -2.06. The highest BCUT2D eigenvalue weighted by atomic mass is 79.9. The number of hydrogen-bond donors (Lipinski definition) is 2. The molecule has 0 bridgehead atoms. The number of aliphatic hydroxyl groups excluding tert-OH is 2. The Morgan fingerprint density at radius 1 is 0.935 bits per heavy atom. The second-order valence-electron chi connectivity index (χ2n) is 5.27. The highest BCUT2D eigenvalue weighted by Crippen LogP contribution is 2.27. The van der Waals surface area contributed by atoms with Crippen molar-refractivity contribution in [3.63, 3.8) is 0 Å². The molecule has 0 saturated carbocycles. The third-order valence-electron chi connectivity index (χ3n) is 3.21. The van der Waals surface area contributed by atoms with Crippen molar-refractivity contribution in [2.24, 2.45) is 0 Å². The number of aromatic nitrogens is 2. The monoisotopic (exact) mass is 602 g/mol. The van der Waals surface area contributed by atoms with Gasteiger partial charge in [0.25, 0.3) is 0 Å². The van der Waals surface area contributed by atoms with E-state index in [-0.39, 0.29) is 56.0 Å². The van der Waals surface area contributed by atoms with Crippen LogP contribution in [0.1, 0.15) is 53.6 Å². The molecule has 0 unspecified atom stereocenters. The molecule has 172 valence electrons. The molecule has 0 atom stereocenters. The predicted molar refractivity (Wildman–Crippen MR) is 124 cm³/mol. The van der Waals surface area contributed by atoms with E-state index in [0.29, 0.717) is 19.7 Å². The minimum atomic E-state index is -0.599. The molecule has 0 spiro atoms. The Morgan fingerprint density at radius 3 is 2.00 bits per heavy atom. The van der Waals surface area contributed by atoms with Crippen molar-refractivity contribution in [3.8, 4) is 0 Å². The summed E-state index contributed by atoms with van der Waals surface area (Å²) in [7, 11) is 0. The summed E-state index contributed by atoms with van der Waals surface area (Å²) in [5.41, 5.74) is 0.734. The number of nitrogens with zero attached hydrogens (tertiary/aromatic N) is 2. The molecule has 0 aliphatic rings. The number of hydrogen-bond acceptors (Lipinski definition) is 8. The first-order valence-electron chi connectivity index (χ1n) is 8.45. The van der Waals surface area contributed by atoms with Crippen molar-refractivity contribution in [1.82, 2.24) is 9.97 Å². The predicted octanol–water partition coefficient (Wildman–Crippen LogP) is 4.97. The van der Waals surface area contributed by atoms with Gasteiger partial charge in [-0.2, -0.15) is 0 Å². The van der Waals surface area contributed by atoms with E-state index >= 15 is 0 Å². The van der Waals surface area contributed by atoms with Gasteiger partial charge < -0.3 is 19.7 Å². The normalized spacial score (nSPS) is 9.81. The topological polar surface area (TPSA) is 119 Å². The number of rotatable bonds is 6. The van der Waals surface area contributed by atoms with Gasteiger partial charge >= 0.3 is 11.9 Å². The molecule has 2 heterocycles. The Bertz CT molecular complexity index is 915. The largest absolute Gasteiger partial charge is 0.461 e. The maximum atomic E-state index is 11.4. The van der Waals surface area contributed by atoms with E-state index in [2.05, 4.69) is 41.8 Å². The summed E-state index contributed by atoms with van der Waals surface area (Å²) in [6.07, 6.45) is 0. The van der Waals surface area contributed by atoms with Gasteiger partial charge in [-0.1, -0.05) is 30.6 Å². The number of pyridine rings is 2. The van der Waals surface area contributed by atoms with Crippen LogP contribution < -0.4 is 0 Å². The van der Waals surface area contributed by atoms with Crippen LogP contribution in [0, 0.1) is 0 Å². The van der Waals surface area contributed by atoms with Gasteiger partial charge in [-0.25, -0.2) is 19.6 Å². The van der Waals surface area contributed by atoms with Crippen LogP contribution >= 0.6 is 55.1 Å². The second kappa shape index (κ2) is 14.7. The van der Waals surface area contributed by atoms with Crippen molar-refractivity contribution in [3.05, 3.63) is 53.9 Å². The molecule has 12 heteroatoms. The van der Waals surface area contributed by atoms with Gasteiger partial charge in [0.1, 0.15) is 5.69 Å². The van der Waals surface area contributed by atoms with Crippen LogP contribution in [0.2, 0.25) is 10.0 Å². The van der Waals surface area contributed by atoms with Crippen LogP contribution in [0.15, 0.2) is 21.1 Å². The maximum absolute atomic E-state index is 11.4. The van der Waals surface area contributed by atoms with E-state index in [4.69, 9.17) is 42.9 Å². The lowest BCUT2D eigenvalue weighted by molar-refractivity contribution is 0.0509. The quantitative estimate of drug-likeness (QED) is 0.444. The first-order valence-corrected chi connectivity index (χ1v) is 10.8. The molecule has 0 fully saturated rings. The zero-order valence-corrected chi connectivity index (χ0v) is 20.6. The highest BCUT2D eigenvalue weighted by Gasteiger charge is 2.17. The van der Waals surface area contributed by atoms with Gasteiger partial charge in [-0.15, -0.1) is 0 Å². The smallest absolute Gasteiger partial charge is 0.358 e. The standard InChI is InChI=1S/2C9H9BrClNO3.CH4/c1-2-15-9(14)6-3-5(10)8(11)7(4-13)12-6;1-2-15-9(14)8-7(11)6(10)3-5(4-13)12-8;/h2*3,13H,2,4H2,1H3;1H4. The summed E-state index contributed by atoms with van der Waals surface area (Å²) >= 11 is 18.0. The zero-order chi connectivity index (χ0) is 22.8. The number of ether oxygens (including phenoxy) is 2. The SMILES string of the molecule is C.CCOC(=O)c1cc(Br)c(Cl)c(CO)n1.CCOC(=O)c1nc(CO)cc(Br)c1Cl. The van der Waals surface area contributed by atoms with Gasteiger partial charge in [0.05, 0.1) is 47.9 Å². The van der Waals surface area contributed by atoms with Gasteiger partial charge in [-0.3, -0.25) is 0 Å². The van der Waals surface area contributed by atoms with Crippen LogP contribution in [0.4, 0.5) is 0 Å². The average molecular weight is 605 g/mol. The Labute approximate surface area is 207 Å². The fourth-order valence-corrected chi connectivity index (χ4v) is 3.15.